The summed E-state index contributed by atoms with van der Waals surface area (Å²) in [6.45, 7) is 2.21. The van der Waals surface area contributed by atoms with E-state index in [0.29, 0.717) is 21.8 Å². The van der Waals surface area contributed by atoms with Gasteiger partial charge >= 0.3 is 0 Å². The van der Waals surface area contributed by atoms with Gasteiger partial charge in [-0.05, 0) is 48.9 Å². The molecule has 0 spiro atoms. The van der Waals surface area contributed by atoms with Gasteiger partial charge in [-0.15, -0.1) is 0 Å². The van der Waals surface area contributed by atoms with E-state index < -0.39 is 0 Å². The first kappa shape index (κ1) is 15.1. The zero-order valence-corrected chi connectivity index (χ0v) is 12.4. The molecule has 0 fully saturated rings. The van der Waals surface area contributed by atoms with Crippen LogP contribution in [0.5, 0.6) is 0 Å². The zero-order valence-electron chi connectivity index (χ0n) is 11.6. The van der Waals surface area contributed by atoms with Gasteiger partial charge in [-0.2, -0.15) is 0 Å². The predicted octanol–water partition coefficient (Wildman–Crippen LogP) is 3.21. The molecule has 0 bridgehead atoms. The van der Waals surface area contributed by atoms with Gasteiger partial charge in [0, 0.05) is 16.3 Å². The number of anilines is 1. The monoisotopic (exact) mass is 298 g/mol. The minimum absolute atomic E-state index is 0.210. The summed E-state index contributed by atoms with van der Waals surface area (Å²) in [7, 11) is 0. The molecule has 3 nitrogen and oxygen atoms in total. The highest BCUT2D eigenvalue weighted by molar-refractivity contribution is 6.30. The molecule has 0 unspecified atom stereocenters. The zero-order chi connectivity index (χ0) is 15.2. The van der Waals surface area contributed by atoms with Crippen LogP contribution in [0.1, 0.15) is 21.5 Å². The smallest absolute Gasteiger partial charge is 0.256 e. The maximum absolute atomic E-state index is 12.4. The summed E-state index contributed by atoms with van der Waals surface area (Å²) in [5.41, 5.74) is 8.31. The van der Waals surface area contributed by atoms with Crippen LogP contribution < -0.4 is 11.1 Å². The number of amides is 1. The van der Waals surface area contributed by atoms with Gasteiger partial charge in [0.15, 0.2) is 0 Å². The molecule has 0 heterocycles. The van der Waals surface area contributed by atoms with Crippen molar-refractivity contribution in [1.82, 2.24) is 0 Å². The number of carbonyl (C=O) groups excluding carboxylic acids is 1. The van der Waals surface area contributed by atoms with E-state index in [1.165, 1.54) is 0 Å². The lowest BCUT2D eigenvalue weighted by Gasteiger charge is -2.08. The highest BCUT2D eigenvalue weighted by atomic mass is 35.5. The van der Waals surface area contributed by atoms with Crippen molar-refractivity contribution in [2.75, 3.05) is 11.9 Å². The van der Waals surface area contributed by atoms with E-state index in [4.69, 9.17) is 17.3 Å². The highest BCUT2D eigenvalue weighted by Gasteiger charge is 2.10. The SMILES string of the molecule is Cc1ccc(C(=O)Nc2ccc(Cl)cc2)c(C#CCN)c1. The van der Waals surface area contributed by atoms with Crippen LogP contribution in [-0.4, -0.2) is 12.5 Å². The number of nitrogens with one attached hydrogen (secondary N) is 1. The molecule has 0 atom stereocenters. The second-order valence-electron chi connectivity index (χ2n) is 4.52. The molecule has 2 rings (SSSR count). The standard InChI is InChI=1S/C17H15ClN2O/c1-12-4-9-16(13(11-12)3-2-10-19)17(21)20-15-7-5-14(18)6-8-15/h4-9,11H,10,19H2,1H3,(H,20,21). The second-order valence-corrected chi connectivity index (χ2v) is 4.95. The first-order chi connectivity index (χ1) is 10.1. The van der Waals surface area contributed by atoms with Gasteiger partial charge < -0.3 is 11.1 Å². The first-order valence-electron chi connectivity index (χ1n) is 6.46. The van der Waals surface area contributed by atoms with Crippen LogP contribution in [0, 0.1) is 18.8 Å². The predicted molar refractivity (Wildman–Crippen MR) is 86.5 cm³/mol. The van der Waals surface area contributed by atoms with E-state index in [9.17, 15) is 4.79 Å². The van der Waals surface area contributed by atoms with Crippen molar-refractivity contribution in [2.24, 2.45) is 5.73 Å². The highest BCUT2D eigenvalue weighted by Crippen LogP contribution is 2.16. The Hall–Kier alpha value is -2.28. The third-order valence-corrected chi connectivity index (χ3v) is 3.10. The van der Waals surface area contributed by atoms with E-state index >= 15 is 0 Å². The van der Waals surface area contributed by atoms with Crippen LogP contribution in [0.4, 0.5) is 5.69 Å². The lowest BCUT2D eigenvalue weighted by molar-refractivity contribution is 0.102. The number of benzene rings is 2. The Morgan fingerprint density at radius 1 is 1.24 bits per heavy atom. The Labute approximate surface area is 129 Å². The molecule has 2 aromatic carbocycles. The maximum atomic E-state index is 12.4. The molecule has 0 aromatic heterocycles. The van der Waals surface area contributed by atoms with Crippen LogP contribution in [-0.2, 0) is 0 Å². The van der Waals surface area contributed by atoms with Gasteiger partial charge in [-0.3, -0.25) is 4.79 Å². The third kappa shape index (κ3) is 4.09. The molecule has 4 heteroatoms. The number of nitrogens with two attached hydrogens (primary N) is 1. The third-order valence-electron chi connectivity index (χ3n) is 2.85. The molecule has 0 saturated heterocycles. The molecule has 2 aromatic rings. The van der Waals surface area contributed by atoms with Crippen LogP contribution >= 0.6 is 11.6 Å². The van der Waals surface area contributed by atoms with E-state index in [0.717, 1.165) is 5.56 Å². The number of aryl methyl sites for hydroxylation is 1. The molecule has 0 saturated carbocycles. The molecule has 21 heavy (non-hydrogen) atoms. The average Bonchev–Trinajstić information content (AvgIpc) is 2.47. The molecule has 3 N–H and O–H groups in total. The van der Waals surface area contributed by atoms with Crippen LogP contribution in [0.3, 0.4) is 0 Å². The van der Waals surface area contributed by atoms with E-state index in [-0.39, 0.29) is 12.5 Å². The fraction of sp³-hybridized carbons (Fsp3) is 0.118. The topological polar surface area (TPSA) is 55.1 Å². The van der Waals surface area contributed by atoms with Gasteiger partial charge in [0.05, 0.1) is 12.1 Å². The van der Waals surface area contributed by atoms with Crippen molar-refractivity contribution in [3.63, 3.8) is 0 Å². The fourth-order valence-electron chi connectivity index (χ4n) is 1.84. The average molecular weight is 299 g/mol. The van der Waals surface area contributed by atoms with Crippen molar-refractivity contribution in [2.45, 2.75) is 6.92 Å². The molecule has 0 aliphatic carbocycles. The van der Waals surface area contributed by atoms with Crippen molar-refractivity contribution in [3.05, 3.63) is 64.2 Å². The van der Waals surface area contributed by atoms with Crippen molar-refractivity contribution >= 4 is 23.2 Å². The normalized spacial score (nSPS) is 9.67. The van der Waals surface area contributed by atoms with Gasteiger partial charge in [0.25, 0.3) is 5.91 Å². The van der Waals surface area contributed by atoms with Crippen LogP contribution in [0.15, 0.2) is 42.5 Å². The Morgan fingerprint density at radius 3 is 2.62 bits per heavy atom. The van der Waals surface area contributed by atoms with Crippen molar-refractivity contribution in [3.8, 4) is 11.8 Å². The summed E-state index contributed by atoms with van der Waals surface area (Å²) in [6, 6.07) is 12.5. The van der Waals surface area contributed by atoms with Gasteiger partial charge in [-0.25, -0.2) is 0 Å². The summed E-state index contributed by atoms with van der Waals surface area (Å²) < 4.78 is 0. The van der Waals surface area contributed by atoms with Crippen molar-refractivity contribution < 1.29 is 4.79 Å². The van der Waals surface area contributed by atoms with Gasteiger partial charge in [0.1, 0.15) is 0 Å². The Kier molecular flexibility index (Phi) is 4.99. The number of halogens is 1. The second kappa shape index (κ2) is 6.94. The molecule has 0 aliphatic rings. The Morgan fingerprint density at radius 2 is 1.95 bits per heavy atom. The summed E-state index contributed by atoms with van der Waals surface area (Å²) in [5, 5.41) is 3.45. The van der Waals surface area contributed by atoms with E-state index in [1.54, 1.807) is 30.3 Å². The number of carbonyl (C=O) groups is 1. The quantitative estimate of drug-likeness (QED) is 0.837. The Balaban J connectivity index is 2.28. The van der Waals surface area contributed by atoms with E-state index in [1.807, 2.05) is 19.1 Å². The first-order valence-corrected chi connectivity index (χ1v) is 6.84. The lowest BCUT2D eigenvalue weighted by atomic mass is 10.0. The molecule has 0 aliphatic heterocycles. The largest absolute Gasteiger partial charge is 0.322 e. The Bertz CT molecular complexity index is 712. The number of hydrogen-bond donors (Lipinski definition) is 2. The van der Waals surface area contributed by atoms with Gasteiger partial charge in [0.2, 0.25) is 0 Å². The van der Waals surface area contributed by atoms with Crippen LogP contribution in [0.25, 0.3) is 0 Å². The maximum Gasteiger partial charge on any atom is 0.256 e. The summed E-state index contributed by atoms with van der Waals surface area (Å²) >= 11 is 5.82. The minimum Gasteiger partial charge on any atom is -0.322 e. The molecule has 0 radical (unpaired) electrons. The summed E-state index contributed by atoms with van der Waals surface area (Å²) in [4.78, 5) is 12.4. The fourth-order valence-corrected chi connectivity index (χ4v) is 1.96. The van der Waals surface area contributed by atoms with Gasteiger partial charge in [-0.1, -0.05) is 29.5 Å². The lowest BCUT2D eigenvalue weighted by Crippen LogP contribution is -2.13. The number of rotatable bonds is 2. The van der Waals surface area contributed by atoms with E-state index in [2.05, 4.69) is 17.2 Å². The van der Waals surface area contributed by atoms with Crippen LogP contribution in [0.2, 0.25) is 5.02 Å². The minimum atomic E-state index is -0.210. The molecular weight excluding hydrogens is 284 g/mol. The molecule has 106 valence electrons. The molecular formula is C17H15ClN2O. The summed E-state index contributed by atoms with van der Waals surface area (Å²) in [6.07, 6.45) is 0. The molecule has 1 amide bonds. The number of hydrogen-bond acceptors (Lipinski definition) is 2. The van der Waals surface area contributed by atoms with Crippen molar-refractivity contribution in [1.29, 1.82) is 0 Å². The summed E-state index contributed by atoms with van der Waals surface area (Å²) in [5.74, 6) is 5.50.